The van der Waals surface area contributed by atoms with E-state index in [4.69, 9.17) is 5.73 Å². The second-order valence-corrected chi connectivity index (χ2v) is 6.03. The average molecular weight is 297 g/mol. The van der Waals surface area contributed by atoms with Crippen LogP contribution >= 0.6 is 15.9 Å². The molecule has 0 radical (unpaired) electrons. The van der Waals surface area contributed by atoms with Crippen LogP contribution in [0, 0.1) is 5.92 Å². The molecule has 94 valence electrons. The zero-order valence-electron chi connectivity index (χ0n) is 10.6. The molecule has 1 aromatic carbocycles. The highest BCUT2D eigenvalue weighted by atomic mass is 79.9. The predicted octanol–water partition coefficient (Wildman–Crippen LogP) is 3.71. The molecule has 2 N–H and O–H groups in total. The summed E-state index contributed by atoms with van der Waals surface area (Å²) in [4.78, 5) is 2.35. The Hall–Kier alpha value is -0.540. The van der Waals surface area contributed by atoms with Crippen LogP contribution in [-0.4, -0.2) is 13.6 Å². The van der Waals surface area contributed by atoms with Gasteiger partial charge in [-0.15, -0.1) is 0 Å². The van der Waals surface area contributed by atoms with Gasteiger partial charge in [0.15, 0.2) is 0 Å². The quantitative estimate of drug-likeness (QED) is 0.918. The highest BCUT2D eigenvalue weighted by Gasteiger charge is 2.19. The van der Waals surface area contributed by atoms with Gasteiger partial charge in [0.2, 0.25) is 0 Å². The molecule has 1 aliphatic rings. The lowest BCUT2D eigenvalue weighted by molar-refractivity contribution is 0.321. The number of hydrogen-bond acceptors (Lipinski definition) is 2. The van der Waals surface area contributed by atoms with Gasteiger partial charge < -0.3 is 10.6 Å². The van der Waals surface area contributed by atoms with Gasteiger partial charge in [-0.1, -0.05) is 28.4 Å². The van der Waals surface area contributed by atoms with Gasteiger partial charge in [-0.3, -0.25) is 0 Å². The second kappa shape index (κ2) is 5.40. The molecule has 1 saturated carbocycles. The molecular formula is C14H21BrN2. The minimum atomic E-state index is 0.0790. The maximum Gasteiger partial charge on any atom is 0.0375 e. The monoisotopic (exact) mass is 296 g/mol. The van der Waals surface area contributed by atoms with E-state index in [1.165, 1.54) is 37.1 Å². The Labute approximate surface area is 112 Å². The van der Waals surface area contributed by atoms with E-state index in [-0.39, 0.29) is 6.04 Å². The van der Waals surface area contributed by atoms with Gasteiger partial charge in [-0.05, 0) is 43.4 Å². The number of benzene rings is 1. The van der Waals surface area contributed by atoms with Crippen LogP contribution < -0.4 is 10.6 Å². The molecule has 2 rings (SSSR count). The molecule has 1 aliphatic carbocycles. The molecule has 0 bridgehead atoms. The molecule has 1 fully saturated rings. The minimum absolute atomic E-state index is 0.0790. The fourth-order valence-electron chi connectivity index (χ4n) is 2.29. The summed E-state index contributed by atoms with van der Waals surface area (Å²) in [5.41, 5.74) is 8.35. The predicted molar refractivity (Wildman–Crippen MR) is 77.4 cm³/mol. The number of halogens is 1. The van der Waals surface area contributed by atoms with Gasteiger partial charge in [0, 0.05) is 29.8 Å². The second-order valence-electron chi connectivity index (χ2n) is 5.17. The van der Waals surface area contributed by atoms with Crippen LogP contribution in [0.4, 0.5) is 5.69 Å². The third kappa shape index (κ3) is 3.02. The van der Waals surface area contributed by atoms with Crippen molar-refractivity contribution in [2.45, 2.75) is 32.2 Å². The van der Waals surface area contributed by atoms with E-state index in [0.29, 0.717) is 0 Å². The van der Waals surface area contributed by atoms with Crippen molar-refractivity contribution in [3.63, 3.8) is 0 Å². The van der Waals surface area contributed by atoms with Crippen molar-refractivity contribution in [3.8, 4) is 0 Å². The van der Waals surface area contributed by atoms with E-state index in [1.54, 1.807) is 0 Å². The Bertz CT molecular complexity index is 386. The molecule has 0 unspecified atom stereocenters. The third-order valence-electron chi connectivity index (χ3n) is 3.67. The average Bonchev–Trinajstić information content (AvgIpc) is 2.22. The summed E-state index contributed by atoms with van der Waals surface area (Å²) in [6.07, 6.45) is 4.19. The smallest absolute Gasteiger partial charge is 0.0375 e. The normalized spacial score (nSPS) is 17.6. The van der Waals surface area contributed by atoms with Gasteiger partial charge in [-0.2, -0.15) is 0 Å². The lowest BCUT2D eigenvalue weighted by Gasteiger charge is -2.31. The third-order valence-corrected chi connectivity index (χ3v) is 4.36. The van der Waals surface area contributed by atoms with Crippen LogP contribution in [0.25, 0.3) is 0 Å². The zero-order chi connectivity index (χ0) is 12.4. The summed E-state index contributed by atoms with van der Waals surface area (Å²) in [7, 11) is 2.17. The molecule has 1 atom stereocenters. The molecule has 0 aliphatic heterocycles. The van der Waals surface area contributed by atoms with Gasteiger partial charge in [0.05, 0.1) is 0 Å². The number of hydrogen-bond donors (Lipinski definition) is 1. The Balaban J connectivity index is 2.07. The van der Waals surface area contributed by atoms with Crippen LogP contribution in [0.3, 0.4) is 0 Å². The summed E-state index contributed by atoms with van der Waals surface area (Å²) in [6, 6.07) is 6.55. The molecule has 0 saturated heterocycles. The molecule has 0 spiro atoms. The van der Waals surface area contributed by atoms with Crippen molar-refractivity contribution in [2.24, 2.45) is 11.7 Å². The molecular weight excluding hydrogens is 276 g/mol. The number of nitrogens with zero attached hydrogens (tertiary/aromatic N) is 1. The van der Waals surface area contributed by atoms with E-state index in [0.717, 1.165) is 10.4 Å². The summed E-state index contributed by atoms with van der Waals surface area (Å²) in [6.45, 7) is 3.18. The van der Waals surface area contributed by atoms with Crippen molar-refractivity contribution in [2.75, 3.05) is 18.5 Å². The molecule has 17 heavy (non-hydrogen) atoms. The topological polar surface area (TPSA) is 29.3 Å². The highest BCUT2D eigenvalue weighted by Crippen LogP contribution is 2.30. The minimum Gasteiger partial charge on any atom is -0.374 e. The Morgan fingerprint density at radius 2 is 2.18 bits per heavy atom. The molecule has 3 heteroatoms. The van der Waals surface area contributed by atoms with Crippen LogP contribution in [0.5, 0.6) is 0 Å². The van der Waals surface area contributed by atoms with Crippen molar-refractivity contribution < 1.29 is 0 Å². The fourth-order valence-corrected chi connectivity index (χ4v) is 3.02. The summed E-state index contributed by atoms with van der Waals surface area (Å²) < 4.78 is 1.12. The molecule has 1 aromatic rings. The first kappa shape index (κ1) is 12.9. The SMILES string of the molecule is C[C@@H](N)c1ccc(N(C)CC2CCC2)cc1Br. The van der Waals surface area contributed by atoms with Crippen LogP contribution in [-0.2, 0) is 0 Å². The first-order chi connectivity index (χ1) is 8.08. The molecule has 2 nitrogen and oxygen atoms in total. The first-order valence-corrected chi connectivity index (χ1v) is 7.13. The maximum absolute atomic E-state index is 5.91. The maximum atomic E-state index is 5.91. The van der Waals surface area contributed by atoms with Gasteiger partial charge in [0.1, 0.15) is 0 Å². The Morgan fingerprint density at radius 3 is 2.65 bits per heavy atom. The highest BCUT2D eigenvalue weighted by molar-refractivity contribution is 9.10. The molecule has 0 heterocycles. The Kier molecular flexibility index (Phi) is 4.10. The summed E-state index contributed by atoms with van der Waals surface area (Å²) in [5.74, 6) is 0.895. The fraction of sp³-hybridized carbons (Fsp3) is 0.571. The van der Waals surface area contributed by atoms with Gasteiger partial charge >= 0.3 is 0 Å². The number of anilines is 1. The summed E-state index contributed by atoms with van der Waals surface area (Å²) >= 11 is 3.61. The largest absolute Gasteiger partial charge is 0.374 e. The van der Waals surface area contributed by atoms with Crippen molar-refractivity contribution in [1.29, 1.82) is 0 Å². The van der Waals surface area contributed by atoms with Crippen molar-refractivity contribution in [3.05, 3.63) is 28.2 Å². The molecule has 0 amide bonds. The molecule has 0 aromatic heterocycles. The van der Waals surface area contributed by atoms with E-state index in [1.807, 2.05) is 6.92 Å². The number of rotatable bonds is 4. The standard InChI is InChI=1S/C14H21BrN2/c1-10(16)13-7-6-12(8-14(13)15)17(2)9-11-4-3-5-11/h6-8,10-11H,3-5,9,16H2,1-2H3/t10-/m1/s1. The van der Waals surface area contributed by atoms with Crippen LogP contribution in [0.2, 0.25) is 0 Å². The van der Waals surface area contributed by atoms with E-state index in [2.05, 4.69) is 46.1 Å². The zero-order valence-corrected chi connectivity index (χ0v) is 12.2. The van der Waals surface area contributed by atoms with Gasteiger partial charge in [-0.25, -0.2) is 0 Å². The number of nitrogens with two attached hydrogens (primary N) is 1. The van der Waals surface area contributed by atoms with Crippen LogP contribution in [0.1, 0.15) is 37.8 Å². The lowest BCUT2D eigenvalue weighted by atomic mass is 9.85. The first-order valence-electron chi connectivity index (χ1n) is 6.34. The van der Waals surface area contributed by atoms with Crippen LogP contribution in [0.15, 0.2) is 22.7 Å². The summed E-state index contributed by atoms with van der Waals surface area (Å²) in [5, 5.41) is 0. The Morgan fingerprint density at radius 1 is 1.47 bits per heavy atom. The lowest BCUT2D eigenvalue weighted by Crippen LogP contribution is -2.29. The van der Waals surface area contributed by atoms with Crippen molar-refractivity contribution in [1.82, 2.24) is 0 Å². The van der Waals surface area contributed by atoms with E-state index < -0.39 is 0 Å². The van der Waals surface area contributed by atoms with E-state index in [9.17, 15) is 0 Å². The van der Waals surface area contributed by atoms with Crippen molar-refractivity contribution >= 4 is 21.6 Å². The van der Waals surface area contributed by atoms with E-state index >= 15 is 0 Å². The van der Waals surface area contributed by atoms with Gasteiger partial charge in [0.25, 0.3) is 0 Å².